The molecule has 0 unspecified atom stereocenters. The lowest BCUT2D eigenvalue weighted by atomic mass is 10.0. The van der Waals surface area contributed by atoms with Gasteiger partial charge in [0.25, 0.3) is 11.7 Å². The van der Waals surface area contributed by atoms with Crippen LogP contribution in [0.4, 0.5) is 5.69 Å². The number of fused-ring (bicyclic) bond motifs is 1. The molecule has 1 aromatic heterocycles. The maximum absolute atomic E-state index is 12.2. The van der Waals surface area contributed by atoms with Crippen molar-refractivity contribution in [3.8, 4) is 0 Å². The Kier molecular flexibility index (Phi) is 3.29. The summed E-state index contributed by atoms with van der Waals surface area (Å²) in [6.07, 6.45) is 4.18. The summed E-state index contributed by atoms with van der Waals surface area (Å²) in [5, 5.41) is 0. The van der Waals surface area contributed by atoms with Gasteiger partial charge in [0.2, 0.25) is 0 Å². The average molecular weight is 280 g/mol. The van der Waals surface area contributed by atoms with Crippen molar-refractivity contribution in [1.82, 2.24) is 4.98 Å². The lowest BCUT2D eigenvalue weighted by Crippen LogP contribution is -2.32. The molecular formula is C17H16N2O2. The van der Waals surface area contributed by atoms with Gasteiger partial charge in [-0.25, -0.2) is 0 Å². The molecule has 0 fully saturated rings. The van der Waals surface area contributed by atoms with Crippen molar-refractivity contribution in [3.05, 3.63) is 58.9 Å². The molecule has 3 rings (SSSR count). The summed E-state index contributed by atoms with van der Waals surface area (Å²) in [5.41, 5.74) is 4.43. The van der Waals surface area contributed by atoms with Gasteiger partial charge in [-0.2, -0.15) is 0 Å². The molecule has 106 valence electrons. The molecule has 1 aliphatic heterocycles. The first-order chi connectivity index (χ1) is 10.1. The van der Waals surface area contributed by atoms with Crippen LogP contribution < -0.4 is 4.90 Å². The lowest BCUT2D eigenvalue weighted by molar-refractivity contribution is -0.114. The molecule has 0 atom stereocenters. The number of hydrogen-bond donors (Lipinski definition) is 0. The normalized spacial score (nSPS) is 13.7. The first kappa shape index (κ1) is 13.5. The van der Waals surface area contributed by atoms with E-state index >= 15 is 0 Å². The molecule has 0 saturated carbocycles. The molecule has 0 radical (unpaired) electrons. The van der Waals surface area contributed by atoms with Crippen LogP contribution in [0.1, 0.15) is 27.0 Å². The maximum atomic E-state index is 12.2. The summed E-state index contributed by atoms with van der Waals surface area (Å²) in [6, 6.07) is 7.49. The van der Waals surface area contributed by atoms with E-state index < -0.39 is 11.7 Å². The SMILES string of the molecule is Cc1ccc2c(c1C)N(CCc1cccnc1)C(=O)C2=O. The van der Waals surface area contributed by atoms with E-state index in [9.17, 15) is 9.59 Å². The molecule has 1 aliphatic rings. The molecule has 0 N–H and O–H groups in total. The number of hydrogen-bond acceptors (Lipinski definition) is 3. The molecule has 0 saturated heterocycles. The fraction of sp³-hybridized carbons (Fsp3) is 0.235. The predicted octanol–water partition coefficient (Wildman–Crippen LogP) is 2.47. The molecule has 21 heavy (non-hydrogen) atoms. The van der Waals surface area contributed by atoms with Crippen molar-refractivity contribution in [2.24, 2.45) is 0 Å². The van der Waals surface area contributed by atoms with Crippen LogP contribution in [0.2, 0.25) is 0 Å². The van der Waals surface area contributed by atoms with Gasteiger partial charge in [-0.3, -0.25) is 14.6 Å². The summed E-state index contributed by atoms with van der Waals surface area (Å²) >= 11 is 0. The number of rotatable bonds is 3. The fourth-order valence-corrected chi connectivity index (χ4v) is 2.67. The van der Waals surface area contributed by atoms with Crippen LogP contribution in [-0.2, 0) is 11.2 Å². The zero-order valence-electron chi connectivity index (χ0n) is 12.1. The Bertz CT molecular complexity index is 723. The largest absolute Gasteiger partial charge is 0.304 e. The van der Waals surface area contributed by atoms with Crippen molar-refractivity contribution in [3.63, 3.8) is 0 Å². The van der Waals surface area contributed by atoms with Crippen LogP contribution in [0.3, 0.4) is 0 Å². The molecule has 2 heterocycles. The van der Waals surface area contributed by atoms with Crippen molar-refractivity contribution in [1.29, 1.82) is 0 Å². The van der Waals surface area contributed by atoms with E-state index in [1.54, 1.807) is 23.4 Å². The summed E-state index contributed by atoms with van der Waals surface area (Å²) < 4.78 is 0. The van der Waals surface area contributed by atoms with E-state index in [0.29, 0.717) is 18.5 Å². The van der Waals surface area contributed by atoms with Crippen LogP contribution in [0.5, 0.6) is 0 Å². The number of aromatic nitrogens is 1. The second-order valence-corrected chi connectivity index (χ2v) is 5.30. The first-order valence-corrected chi connectivity index (χ1v) is 6.95. The highest BCUT2D eigenvalue weighted by Gasteiger charge is 2.36. The van der Waals surface area contributed by atoms with E-state index in [0.717, 1.165) is 22.4 Å². The van der Waals surface area contributed by atoms with E-state index in [1.165, 1.54) is 0 Å². The molecule has 0 bridgehead atoms. The third-order valence-electron chi connectivity index (χ3n) is 4.00. The summed E-state index contributed by atoms with van der Waals surface area (Å²) in [5.74, 6) is -0.832. The number of pyridine rings is 1. The number of Topliss-reactive ketones (excluding diaryl/α,β-unsaturated/α-hetero) is 1. The number of benzene rings is 1. The summed E-state index contributed by atoms with van der Waals surface area (Å²) in [7, 11) is 0. The molecule has 2 aromatic rings. The Morgan fingerprint density at radius 1 is 1.14 bits per heavy atom. The number of carbonyl (C=O) groups is 2. The zero-order chi connectivity index (χ0) is 15.0. The molecule has 0 aliphatic carbocycles. The first-order valence-electron chi connectivity index (χ1n) is 6.95. The van der Waals surface area contributed by atoms with Crippen molar-refractivity contribution in [2.75, 3.05) is 11.4 Å². The Hall–Kier alpha value is -2.49. The number of amides is 1. The van der Waals surface area contributed by atoms with Crippen LogP contribution in [0.15, 0.2) is 36.7 Å². The van der Waals surface area contributed by atoms with Gasteiger partial charge < -0.3 is 4.90 Å². The van der Waals surface area contributed by atoms with Gasteiger partial charge in [0.1, 0.15) is 0 Å². The Morgan fingerprint density at radius 2 is 1.95 bits per heavy atom. The van der Waals surface area contributed by atoms with Crippen LogP contribution in [-0.4, -0.2) is 23.2 Å². The lowest BCUT2D eigenvalue weighted by Gasteiger charge is -2.19. The predicted molar refractivity (Wildman–Crippen MR) is 80.5 cm³/mol. The number of ketones is 1. The third-order valence-corrected chi connectivity index (χ3v) is 4.00. The number of carbonyl (C=O) groups excluding carboxylic acids is 2. The minimum Gasteiger partial charge on any atom is -0.304 e. The summed E-state index contributed by atoms with van der Waals surface area (Å²) in [4.78, 5) is 30.0. The van der Waals surface area contributed by atoms with Gasteiger partial charge in [-0.05, 0) is 49.1 Å². The quantitative estimate of drug-likeness (QED) is 0.812. The van der Waals surface area contributed by atoms with E-state index in [2.05, 4.69) is 4.98 Å². The van der Waals surface area contributed by atoms with Crippen molar-refractivity contribution >= 4 is 17.4 Å². The van der Waals surface area contributed by atoms with Gasteiger partial charge in [-0.15, -0.1) is 0 Å². The standard InChI is InChI=1S/C17H16N2O2/c1-11-5-6-14-15(12(11)2)19(17(21)16(14)20)9-7-13-4-3-8-18-10-13/h3-6,8,10H,7,9H2,1-2H3. The summed E-state index contributed by atoms with van der Waals surface area (Å²) in [6.45, 7) is 4.44. The van der Waals surface area contributed by atoms with Gasteiger partial charge >= 0.3 is 0 Å². The van der Waals surface area contributed by atoms with E-state index in [4.69, 9.17) is 0 Å². The third kappa shape index (κ3) is 2.23. The highest BCUT2D eigenvalue weighted by molar-refractivity contribution is 6.52. The average Bonchev–Trinajstić information content (AvgIpc) is 2.75. The molecule has 4 nitrogen and oxygen atoms in total. The van der Waals surface area contributed by atoms with E-state index in [1.807, 2.05) is 32.0 Å². The molecule has 0 spiro atoms. The van der Waals surface area contributed by atoms with Crippen molar-refractivity contribution < 1.29 is 9.59 Å². The Balaban J connectivity index is 1.92. The topological polar surface area (TPSA) is 50.3 Å². The van der Waals surface area contributed by atoms with Crippen LogP contribution >= 0.6 is 0 Å². The second kappa shape index (κ2) is 5.13. The van der Waals surface area contributed by atoms with Crippen LogP contribution in [0, 0.1) is 13.8 Å². The Labute approximate surface area is 123 Å². The Morgan fingerprint density at radius 3 is 2.67 bits per heavy atom. The molecular weight excluding hydrogens is 264 g/mol. The molecule has 1 aromatic carbocycles. The highest BCUT2D eigenvalue weighted by atomic mass is 16.2. The minimum absolute atomic E-state index is 0.403. The number of aryl methyl sites for hydroxylation is 1. The van der Waals surface area contributed by atoms with Crippen LogP contribution in [0.25, 0.3) is 0 Å². The second-order valence-electron chi connectivity index (χ2n) is 5.30. The smallest absolute Gasteiger partial charge is 0.299 e. The number of anilines is 1. The number of nitrogens with zero attached hydrogens (tertiary/aromatic N) is 2. The molecule has 1 amide bonds. The monoisotopic (exact) mass is 280 g/mol. The maximum Gasteiger partial charge on any atom is 0.299 e. The van der Waals surface area contributed by atoms with Gasteiger partial charge in [0.05, 0.1) is 11.3 Å². The van der Waals surface area contributed by atoms with Gasteiger partial charge in [0, 0.05) is 18.9 Å². The van der Waals surface area contributed by atoms with Crippen molar-refractivity contribution in [2.45, 2.75) is 20.3 Å². The minimum atomic E-state index is -0.428. The molecule has 4 heteroatoms. The van der Waals surface area contributed by atoms with E-state index in [-0.39, 0.29) is 0 Å². The van der Waals surface area contributed by atoms with Gasteiger partial charge in [0.15, 0.2) is 0 Å². The fourth-order valence-electron chi connectivity index (χ4n) is 2.67. The van der Waals surface area contributed by atoms with Gasteiger partial charge in [-0.1, -0.05) is 12.1 Å². The highest BCUT2D eigenvalue weighted by Crippen LogP contribution is 2.34. The zero-order valence-corrected chi connectivity index (χ0v) is 12.1.